The maximum absolute atomic E-state index is 11.1. The number of hydrogen-bond donors (Lipinski definition) is 0. The topological polar surface area (TPSA) is 26.3 Å². The van der Waals surface area contributed by atoms with Gasteiger partial charge in [-0.15, -0.1) is 0 Å². The molecule has 0 amide bonds. The average Bonchev–Trinajstić information content (AvgIpc) is 2.25. The fraction of sp³-hybridized carbons (Fsp3) is 0.417. The number of hydrogen-bond acceptors (Lipinski definition) is 2. The maximum atomic E-state index is 11.1. The molecule has 1 aromatic rings. The van der Waals surface area contributed by atoms with Crippen LogP contribution in [0.3, 0.4) is 0 Å². The van der Waals surface area contributed by atoms with Crippen molar-refractivity contribution < 1.29 is 9.53 Å². The van der Waals surface area contributed by atoms with E-state index in [-0.39, 0.29) is 0 Å². The number of benzene rings is 1. The summed E-state index contributed by atoms with van der Waals surface area (Å²) in [6.45, 7) is 2.07. The molecule has 0 aliphatic heterocycles. The SMILES string of the molecule is CCCCC(Oc1ccccc1)C(=O)Cl. The van der Waals surface area contributed by atoms with Gasteiger partial charge in [0.1, 0.15) is 5.75 Å². The summed E-state index contributed by atoms with van der Waals surface area (Å²) in [5.74, 6) is 0.688. The molecule has 1 aromatic carbocycles. The maximum Gasteiger partial charge on any atom is 0.262 e. The summed E-state index contributed by atoms with van der Waals surface area (Å²) < 4.78 is 5.50. The minimum absolute atomic E-state index is 0.424. The van der Waals surface area contributed by atoms with Crippen molar-refractivity contribution in [3.63, 3.8) is 0 Å². The molecule has 1 rings (SSSR count). The van der Waals surface area contributed by atoms with Crippen LogP contribution in [-0.4, -0.2) is 11.3 Å². The van der Waals surface area contributed by atoms with Crippen LogP contribution in [0.25, 0.3) is 0 Å². The van der Waals surface area contributed by atoms with Crippen LogP contribution in [0.1, 0.15) is 26.2 Å². The summed E-state index contributed by atoms with van der Waals surface area (Å²) in [5, 5.41) is -0.424. The Morgan fingerprint density at radius 2 is 2.07 bits per heavy atom. The van der Waals surface area contributed by atoms with Gasteiger partial charge >= 0.3 is 0 Å². The summed E-state index contributed by atoms with van der Waals surface area (Å²) in [6.07, 6.45) is 2.12. The lowest BCUT2D eigenvalue weighted by Crippen LogP contribution is -2.23. The van der Waals surface area contributed by atoms with Gasteiger partial charge in [0.15, 0.2) is 6.10 Å². The lowest BCUT2D eigenvalue weighted by Gasteiger charge is -2.14. The van der Waals surface area contributed by atoms with Gasteiger partial charge in [-0.2, -0.15) is 0 Å². The third-order valence-electron chi connectivity index (χ3n) is 2.09. The number of unbranched alkanes of at least 4 members (excludes halogenated alkanes) is 1. The van der Waals surface area contributed by atoms with E-state index in [1.807, 2.05) is 30.3 Å². The zero-order chi connectivity index (χ0) is 11.1. The number of para-hydroxylation sites is 1. The van der Waals surface area contributed by atoms with Crippen molar-refractivity contribution >= 4 is 16.8 Å². The van der Waals surface area contributed by atoms with Crippen LogP contribution in [0.4, 0.5) is 0 Å². The molecule has 15 heavy (non-hydrogen) atoms. The third kappa shape index (κ3) is 4.34. The second-order valence-corrected chi connectivity index (χ2v) is 3.74. The summed E-state index contributed by atoms with van der Waals surface area (Å²) in [7, 11) is 0. The molecule has 82 valence electrons. The molecule has 2 nitrogen and oxygen atoms in total. The van der Waals surface area contributed by atoms with E-state index in [1.165, 1.54) is 0 Å². The lowest BCUT2D eigenvalue weighted by atomic mass is 10.2. The standard InChI is InChI=1S/C12H15ClO2/c1-2-3-9-11(12(13)14)15-10-7-5-4-6-8-10/h4-8,11H,2-3,9H2,1H3. The van der Waals surface area contributed by atoms with Gasteiger partial charge in [0, 0.05) is 0 Å². The fourth-order valence-corrected chi connectivity index (χ4v) is 1.43. The fourth-order valence-electron chi connectivity index (χ4n) is 1.27. The van der Waals surface area contributed by atoms with Crippen molar-refractivity contribution in [2.75, 3.05) is 0 Å². The van der Waals surface area contributed by atoms with Crippen molar-refractivity contribution in [2.45, 2.75) is 32.3 Å². The largest absolute Gasteiger partial charge is 0.481 e. The van der Waals surface area contributed by atoms with Gasteiger partial charge in [-0.25, -0.2) is 0 Å². The molecule has 0 N–H and O–H groups in total. The summed E-state index contributed by atoms with van der Waals surface area (Å²) in [4.78, 5) is 11.1. The number of carbonyl (C=O) groups excluding carboxylic acids is 1. The Kier molecular flexibility index (Phi) is 5.19. The number of ether oxygens (including phenoxy) is 1. The first-order valence-electron chi connectivity index (χ1n) is 5.15. The number of halogens is 1. The molecule has 1 unspecified atom stereocenters. The number of carbonyl (C=O) groups is 1. The van der Waals surface area contributed by atoms with E-state index in [4.69, 9.17) is 16.3 Å². The normalized spacial score (nSPS) is 12.1. The Morgan fingerprint density at radius 1 is 1.40 bits per heavy atom. The molecule has 0 aliphatic carbocycles. The van der Waals surface area contributed by atoms with E-state index in [9.17, 15) is 4.79 Å². The Hall–Kier alpha value is -1.02. The van der Waals surface area contributed by atoms with E-state index in [0.29, 0.717) is 12.2 Å². The predicted octanol–water partition coefficient (Wildman–Crippen LogP) is 3.39. The first-order chi connectivity index (χ1) is 7.24. The highest BCUT2D eigenvalue weighted by atomic mass is 35.5. The minimum atomic E-state index is -0.519. The second kappa shape index (κ2) is 6.46. The summed E-state index contributed by atoms with van der Waals surface area (Å²) in [5.41, 5.74) is 0. The van der Waals surface area contributed by atoms with Crippen molar-refractivity contribution in [3.05, 3.63) is 30.3 Å². The zero-order valence-electron chi connectivity index (χ0n) is 8.78. The van der Waals surface area contributed by atoms with Crippen molar-refractivity contribution in [1.29, 1.82) is 0 Å². The van der Waals surface area contributed by atoms with Gasteiger partial charge in [0.2, 0.25) is 0 Å². The Labute approximate surface area is 95.2 Å². The lowest BCUT2D eigenvalue weighted by molar-refractivity contribution is -0.118. The zero-order valence-corrected chi connectivity index (χ0v) is 9.54. The van der Waals surface area contributed by atoms with Crippen molar-refractivity contribution in [3.8, 4) is 5.75 Å². The predicted molar refractivity (Wildman–Crippen MR) is 61.2 cm³/mol. The van der Waals surface area contributed by atoms with E-state index in [0.717, 1.165) is 12.8 Å². The van der Waals surface area contributed by atoms with Crippen LogP contribution in [0.2, 0.25) is 0 Å². The Morgan fingerprint density at radius 3 is 2.60 bits per heavy atom. The molecule has 0 saturated heterocycles. The Balaban J connectivity index is 2.55. The van der Waals surface area contributed by atoms with Crippen molar-refractivity contribution in [1.82, 2.24) is 0 Å². The smallest absolute Gasteiger partial charge is 0.262 e. The highest BCUT2D eigenvalue weighted by Crippen LogP contribution is 2.15. The van der Waals surface area contributed by atoms with E-state index < -0.39 is 11.3 Å². The van der Waals surface area contributed by atoms with Crippen LogP contribution >= 0.6 is 11.6 Å². The molecule has 0 heterocycles. The molecule has 0 aromatic heterocycles. The first-order valence-corrected chi connectivity index (χ1v) is 5.53. The molecule has 0 bridgehead atoms. The molecule has 0 aliphatic rings. The molecule has 0 saturated carbocycles. The monoisotopic (exact) mass is 226 g/mol. The van der Waals surface area contributed by atoms with Crippen molar-refractivity contribution in [2.24, 2.45) is 0 Å². The second-order valence-electron chi connectivity index (χ2n) is 3.37. The van der Waals surface area contributed by atoms with E-state index >= 15 is 0 Å². The molecule has 1 atom stereocenters. The van der Waals surface area contributed by atoms with Gasteiger partial charge < -0.3 is 4.74 Å². The molecule has 0 fully saturated rings. The van der Waals surface area contributed by atoms with E-state index in [2.05, 4.69) is 6.92 Å². The summed E-state index contributed by atoms with van der Waals surface area (Å²) in [6, 6.07) is 9.27. The molecular weight excluding hydrogens is 212 g/mol. The van der Waals surface area contributed by atoms with Gasteiger partial charge in [0.25, 0.3) is 5.24 Å². The third-order valence-corrected chi connectivity index (χ3v) is 2.34. The quantitative estimate of drug-likeness (QED) is 0.695. The van der Waals surface area contributed by atoms with Crippen LogP contribution < -0.4 is 4.74 Å². The average molecular weight is 227 g/mol. The van der Waals surface area contributed by atoms with Gasteiger partial charge in [-0.3, -0.25) is 4.79 Å². The molecule has 3 heteroatoms. The number of rotatable bonds is 6. The summed E-state index contributed by atoms with van der Waals surface area (Å²) >= 11 is 5.47. The first kappa shape index (κ1) is 12.1. The highest BCUT2D eigenvalue weighted by Gasteiger charge is 2.17. The minimum Gasteiger partial charge on any atom is -0.481 e. The van der Waals surface area contributed by atoms with Gasteiger partial charge in [-0.1, -0.05) is 31.5 Å². The van der Waals surface area contributed by atoms with Gasteiger partial charge in [-0.05, 0) is 36.6 Å². The van der Waals surface area contributed by atoms with Crippen LogP contribution in [0.5, 0.6) is 5.75 Å². The molecule has 0 radical (unpaired) electrons. The molecule has 0 spiro atoms. The van der Waals surface area contributed by atoms with Crippen LogP contribution in [0.15, 0.2) is 30.3 Å². The van der Waals surface area contributed by atoms with Crippen LogP contribution in [-0.2, 0) is 4.79 Å². The highest BCUT2D eigenvalue weighted by molar-refractivity contribution is 6.64. The Bertz CT molecular complexity index is 298. The van der Waals surface area contributed by atoms with E-state index in [1.54, 1.807) is 0 Å². The van der Waals surface area contributed by atoms with Crippen LogP contribution in [0, 0.1) is 0 Å². The molecular formula is C12H15ClO2. The van der Waals surface area contributed by atoms with Gasteiger partial charge in [0.05, 0.1) is 0 Å².